The number of benzene rings is 4. The molecule has 3 aliphatic heterocycles. The first kappa shape index (κ1) is 37.0. The maximum atomic E-state index is 13.3. The number of carbonyl (C=O) groups is 6. The van der Waals surface area contributed by atoms with Crippen LogP contribution < -0.4 is 29.9 Å². The van der Waals surface area contributed by atoms with Crippen LogP contribution in [0.3, 0.4) is 0 Å². The van der Waals surface area contributed by atoms with E-state index in [0.717, 1.165) is 4.90 Å². The highest BCUT2D eigenvalue weighted by Gasteiger charge is 2.45. The van der Waals surface area contributed by atoms with Crippen molar-refractivity contribution in [2.45, 2.75) is 44.6 Å². The Morgan fingerprint density at radius 2 is 1.69 bits per heavy atom. The smallest absolute Gasteiger partial charge is 0.264 e. The Morgan fingerprint density at radius 1 is 0.909 bits per heavy atom. The molecule has 4 aromatic carbocycles. The SMILES string of the molecule is COc1ccccc1N(c1ccc2c3c(cc(CCC(=O)NCCCCNc4cccc5c4C(=O)N(C4CCC(=O)NC4=O)C5=O)cc13)C(=O)N2C)[SH](=O)=O. The van der Waals surface area contributed by atoms with E-state index in [2.05, 4.69) is 16.0 Å². The van der Waals surface area contributed by atoms with Crippen molar-refractivity contribution in [2.24, 2.45) is 0 Å². The summed E-state index contributed by atoms with van der Waals surface area (Å²) in [6.45, 7) is 0.831. The molecule has 0 spiro atoms. The second-order valence-electron chi connectivity index (χ2n) is 13.4. The fraction of sp³-hybridized carbons (Fsp3) is 0.282. The molecule has 3 N–H and O–H groups in total. The molecule has 0 aliphatic carbocycles. The van der Waals surface area contributed by atoms with E-state index in [-0.39, 0.29) is 42.2 Å². The normalized spacial score (nSPS) is 16.2. The van der Waals surface area contributed by atoms with Crippen molar-refractivity contribution >= 4 is 79.9 Å². The lowest BCUT2D eigenvalue weighted by atomic mass is 9.97. The number of amides is 6. The Morgan fingerprint density at radius 3 is 2.45 bits per heavy atom. The molecule has 15 nitrogen and oxygen atoms in total. The zero-order valence-corrected chi connectivity index (χ0v) is 30.9. The number of imide groups is 2. The van der Waals surface area contributed by atoms with E-state index in [9.17, 15) is 37.2 Å². The summed E-state index contributed by atoms with van der Waals surface area (Å²) in [5.41, 5.74) is 3.30. The van der Waals surface area contributed by atoms with Crippen molar-refractivity contribution < 1.29 is 41.9 Å². The van der Waals surface area contributed by atoms with Crippen LogP contribution in [0.2, 0.25) is 0 Å². The molecule has 1 fully saturated rings. The van der Waals surface area contributed by atoms with Crippen LogP contribution in [0.15, 0.2) is 66.7 Å². The minimum atomic E-state index is -3.16. The Bertz CT molecular complexity index is 2370. The summed E-state index contributed by atoms with van der Waals surface area (Å²) >= 11 is 0. The van der Waals surface area contributed by atoms with Crippen molar-refractivity contribution in [3.63, 3.8) is 0 Å². The highest BCUT2D eigenvalue weighted by Crippen LogP contribution is 2.45. The number of nitrogens with zero attached hydrogens (tertiary/aromatic N) is 3. The summed E-state index contributed by atoms with van der Waals surface area (Å²) in [5.74, 6) is -2.34. The molecule has 0 aromatic heterocycles. The lowest BCUT2D eigenvalue weighted by Gasteiger charge is -2.27. The van der Waals surface area contributed by atoms with E-state index in [1.165, 1.54) is 22.4 Å². The second-order valence-corrected chi connectivity index (χ2v) is 14.3. The monoisotopic (exact) mass is 766 g/mol. The number of thiol groups is 1. The van der Waals surface area contributed by atoms with Gasteiger partial charge in [0.2, 0.25) is 28.6 Å². The van der Waals surface area contributed by atoms with Gasteiger partial charge in [0.1, 0.15) is 11.8 Å². The first-order valence-electron chi connectivity index (χ1n) is 17.8. The quantitative estimate of drug-likeness (QED) is 0.0840. The fourth-order valence-corrected chi connectivity index (χ4v) is 8.09. The number of aryl methyl sites for hydroxylation is 1. The predicted octanol–water partition coefficient (Wildman–Crippen LogP) is 3.45. The number of rotatable bonds is 14. The third kappa shape index (κ3) is 6.84. The van der Waals surface area contributed by atoms with Crippen molar-refractivity contribution in [3.05, 3.63) is 89.0 Å². The minimum Gasteiger partial charge on any atom is -0.495 e. The summed E-state index contributed by atoms with van der Waals surface area (Å²) in [7, 11) is -0.0436. The molecule has 16 heteroatoms. The van der Waals surface area contributed by atoms with Gasteiger partial charge in [-0.3, -0.25) is 39.0 Å². The van der Waals surface area contributed by atoms with Crippen LogP contribution in [0.1, 0.15) is 68.7 Å². The zero-order chi connectivity index (χ0) is 39.0. The number of carbonyl (C=O) groups excluding carboxylic acids is 6. The van der Waals surface area contributed by atoms with Crippen molar-refractivity contribution in [1.82, 2.24) is 15.5 Å². The van der Waals surface area contributed by atoms with Crippen molar-refractivity contribution in [2.75, 3.05) is 41.8 Å². The third-order valence-electron chi connectivity index (χ3n) is 10.1. The maximum absolute atomic E-state index is 13.3. The van der Waals surface area contributed by atoms with E-state index in [4.69, 9.17) is 4.74 Å². The Kier molecular flexibility index (Phi) is 10.2. The maximum Gasteiger partial charge on any atom is 0.264 e. The van der Waals surface area contributed by atoms with Gasteiger partial charge in [0, 0.05) is 49.4 Å². The second kappa shape index (κ2) is 15.2. The molecular formula is C39H38N6O9S. The van der Waals surface area contributed by atoms with Crippen LogP contribution >= 0.6 is 0 Å². The van der Waals surface area contributed by atoms with E-state index in [1.807, 2.05) is 6.07 Å². The van der Waals surface area contributed by atoms with Gasteiger partial charge in [0.05, 0.1) is 40.9 Å². The molecule has 1 unspecified atom stereocenters. The lowest BCUT2D eigenvalue weighted by Crippen LogP contribution is -2.54. The summed E-state index contributed by atoms with van der Waals surface area (Å²) in [6.07, 6.45) is 1.78. The van der Waals surface area contributed by atoms with Gasteiger partial charge in [0.15, 0.2) is 0 Å². The molecule has 0 bridgehead atoms. The molecule has 3 heterocycles. The van der Waals surface area contributed by atoms with Gasteiger partial charge >= 0.3 is 0 Å². The Balaban J connectivity index is 0.965. The largest absolute Gasteiger partial charge is 0.495 e. The lowest BCUT2D eigenvalue weighted by molar-refractivity contribution is -0.136. The summed E-state index contributed by atoms with van der Waals surface area (Å²) in [5, 5.41) is 9.49. The number of anilines is 4. The van der Waals surface area contributed by atoms with Gasteiger partial charge in [0.25, 0.3) is 17.7 Å². The number of hydrogen-bond acceptors (Lipinski definition) is 10. The highest BCUT2D eigenvalue weighted by molar-refractivity contribution is 7.74. The number of fused-ring (bicyclic) bond motifs is 1. The predicted molar refractivity (Wildman–Crippen MR) is 204 cm³/mol. The summed E-state index contributed by atoms with van der Waals surface area (Å²) in [6, 6.07) is 17.5. The van der Waals surface area contributed by atoms with Crippen LogP contribution in [0.5, 0.6) is 5.75 Å². The van der Waals surface area contributed by atoms with Gasteiger partial charge in [-0.2, -0.15) is 0 Å². The Hall–Kier alpha value is -6.29. The summed E-state index contributed by atoms with van der Waals surface area (Å²) in [4.78, 5) is 79.1. The van der Waals surface area contributed by atoms with Gasteiger partial charge < -0.3 is 20.3 Å². The standard InChI is InChI=1S/C39H38N6O9S/c1-43-29-14-13-27(45(55(52)53)28-10-3-4-11-31(28)54-2)24-20-22(21-25(34(24)29)37(43)49)12-16-32(46)41-19-6-5-18-40-26-9-7-8-23-35(26)39(51)44(38(23)50)30-15-17-33(47)42-36(30)48/h3-4,7-11,13-14,20-21,30,40,55H,5-6,12,15-19H2,1-2H3,(H,41,46)(H,42,47,48). The first-order valence-corrected chi connectivity index (χ1v) is 18.9. The number of para-hydroxylation sites is 2. The molecule has 0 radical (unpaired) electrons. The molecule has 1 saturated heterocycles. The molecule has 55 heavy (non-hydrogen) atoms. The molecule has 6 amide bonds. The van der Waals surface area contributed by atoms with Gasteiger partial charge in [-0.05, 0) is 79.8 Å². The fourth-order valence-electron chi connectivity index (χ4n) is 7.40. The summed E-state index contributed by atoms with van der Waals surface area (Å²) < 4.78 is 32.1. The molecule has 1 atom stereocenters. The van der Waals surface area contributed by atoms with Crippen LogP contribution in [-0.2, 0) is 31.7 Å². The average Bonchev–Trinajstić information content (AvgIpc) is 3.57. The van der Waals surface area contributed by atoms with Crippen molar-refractivity contribution in [3.8, 4) is 5.75 Å². The number of nitrogens with one attached hydrogen (secondary N) is 3. The van der Waals surface area contributed by atoms with Gasteiger partial charge in [-0.15, -0.1) is 0 Å². The van der Waals surface area contributed by atoms with E-state index in [1.54, 1.807) is 61.6 Å². The average molecular weight is 767 g/mol. The molecule has 4 aromatic rings. The molecule has 284 valence electrons. The van der Waals surface area contributed by atoms with E-state index in [0.29, 0.717) is 82.8 Å². The van der Waals surface area contributed by atoms with E-state index >= 15 is 0 Å². The van der Waals surface area contributed by atoms with Gasteiger partial charge in [-0.1, -0.05) is 18.2 Å². The van der Waals surface area contributed by atoms with Crippen LogP contribution in [0, 0.1) is 0 Å². The van der Waals surface area contributed by atoms with Crippen molar-refractivity contribution in [1.29, 1.82) is 0 Å². The highest BCUT2D eigenvalue weighted by atomic mass is 32.2. The topological polar surface area (TPSA) is 192 Å². The zero-order valence-electron chi connectivity index (χ0n) is 30.0. The molecular weight excluding hydrogens is 729 g/mol. The Labute approximate surface area is 317 Å². The molecule has 0 saturated carbocycles. The number of ether oxygens (including phenoxy) is 1. The number of methoxy groups -OCH3 is 1. The van der Waals surface area contributed by atoms with Crippen LogP contribution in [0.4, 0.5) is 22.7 Å². The molecule has 3 aliphatic rings. The van der Waals surface area contributed by atoms with Crippen LogP contribution in [0.25, 0.3) is 10.8 Å². The van der Waals surface area contributed by atoms with E-state index < -0.39 is 40.6 Å². The number of hydrogen-bond donors (Lipinski definition) is 4. The number of unbranched alkanes of at least 4 members (excludes halogenated alkanes) is 1. The minimum absolute atomic E-state index is 0.0363. The van der Waals surface area contributed by atoms with Gasteiger partial charge in [-0.25, -0.2) is 12.7 Å². The third-order valence-corrected chi connectivity index (χ3v) is 10.8. The number of piperidine rings is 1. The first-order chi connectivity index (χ1) is 26.5. The van der Waals surface area contributed by atoms with Crippen LogP contribution in [-0.4, -0.2) is 82.0 Å². The molecule has 7 rings (SSSR count).